The van der Waals surface area contributed by atoms with Crippen molar-refractivity contribution < 1.29 is 23.4 Å². The van der Waals surface area contributed by atoms with E-state index in [9.17, 15) is 9.18 Å². The highest BCUT2D eigenvalue weighted by atomic mass is 32.1. The topological polar surface area (TPSA) is 72.9 Å². The van der Waals surface area contributed by atoms with Crippen LogP contribution in [0.3, 0.4) is 0 Å². The van der Waals surface area contributed by atoms with Crippen LogP contribution in [0.1, 0.15) is 29.3 Å². The van der Waals surface area contributed by atoms with Crippen LogP contribution in [-0.2, 0) is 4.74 Å². The first-order chi connectivity index (χ1) is 15.8. The average molecular weight is 492 g/mol. The number of aromatic nitrogens is 1. The number of methoxy groups -OCH3 is 2. The Hall–Kier alpha value is -2.48. The molecule has 0 bridgehead atoms. The van der Waals surface area contributed by atoms with Crippen LogP contribution in [0.15, 0.2) is 30.3 Å². The van der Waals surface area contributed by atoms with Crippen LogP contribution in [0.2, 0.25) is 0 Å². The number of hydrogen-bond donors (Lipinski definition) is 1. The first-order valence-electron chi connectivity index (χ1n) is 10.6. The molecule has 1 N–H and O–H groups in total. The summed E-state index contributed by atoms with van der Waals surface area (Å²) >= 11 is 1.47. The van der Waals surface area contributed by atoms with Crippen molar-refractivity contribution in [2.45, 2.75) is 38.5 Å². The van der Waals surface area contributed by atoms with Gasteiger partial charge in [0.2, 0.25) is 6.10 Å². The van der Waals surface area contributed by atoms with Crippen LogP contribution in [0, 0.1) is 6.92 Å². The molecule has 176 valence electrons. The summed E-state index contributed by atoms with van der Waals surface area (Å²) in [6, 6.07) is 9.26. The first kappa shape index (κ1) is 23.7. The number of fused-ring (bicyclic) bond motifs is 1. The third kappa shape index (κ3) is 4.76. The molecule has 2 heterocycles. The van der Waals surface area contributed by atoms with E-state index in [1.54, 1.807) is 31.4 Å². The number of benzene rings is 2. The fourth-order valence-corrected chi connectivity index (χ4v) is 5.54. The van der Waals surface area contributed by atoms with E-state index in [1.165, 1.54) is 18.4 Å². The number of nitrogens with zero attached hydrogens (tertiary/aromatic N) is 2. The van der Waals surface area contributed by atoms with Crippen molar-refractivity contribution in [1.29, 1.82) is 0 Å². The Morgan fingerprint density at radius 2 is 2.15 bits per heavy atom. The van der Waals surface area contributed by atoms with E-state index in [2.05, 4.69) is 17.1 Å². The van der Waals surface area contributed by atoms with Gasteiger partial charge in [0, 0.05) is 24.9 Å². The number of anilines is 2. The molecular weight excluding hydrogens is 464 g/mol. The van der Waals surface area contributed by atoms with Crippen LogP contribution in [-0.4, -0.2) is 49.9 Å². The number of rotatable bonds is 8. The van der Waals surface area contributed by atoms with Gasteiger partial charge in [0.1, 0.15) is 17.1 Å². The summed E-state index contributed by atoms with van der Waals surface area (Å²) < 4.78 is 30.0. The molecule has 1 amide bonds. The molecule has 4 atom stereocenters. The predicted octanol–water partition coefficient (Wildman–Crippen LogP) is 4.99. The smallest absolute Gasteiger partial charge is 0.260 e. The van der Waals surface area contributed by atoms with Gasteiger partial charge in [0.15, 0.2) is 5.13 Å². The van der Waals surface area contributed by atoms with Crippen LogP contribution in [0.4, 0.5) is 15.2 Å². The van der Waals surface area contributed by atoms with Crippen LogP contribution < -0.4 is 19.7 Å². The molecule has 1 aliphatic rings. The molecule has 1 fully saturated rings. The Morgan fingerprint density at radius 1 is 1.36 bits per heavy atom. The van der Waals surface area contributed by atoms with Crippen molar-refractivity contribution >= 4 is 47.5 Å². The third-order valence-corrected chi connectivity index (χ3v) is 6.96. The molecule has 4 unspecified atom stereocenters. The number of aryl methyl sites for hydroxylation is 1. The Labute approximate surface area is 198 Å². The molecule has 1 aliphatic heterocycles. The summed E-state index contributed by atoms with van der Waals surface area (Å²) in [6.45, 7) is 4.64. The molecule has 0 radical (unpaired) electrons. The second kappa shape index (κ2) is 9.79. The molecule has 10 heteroatoms. The Balaban J connectivity index is 1.69. The molecule has 3 aromatic rings. The summed E-state index contributed by atoms with van der Waals surface area (Å²) in [5, 5.41) is 3.78. The lowest BCUT2D eigenvalue weighted by Gasteiger charge is -2.46. The van der Waals surface area contributed by atoms with E-state index < -0.39 is 6.10 Å². The molecule has 2 aromatic carbocycles. The predicted molar refractivity (Wildman–Crippen MR) is 133 cm³/mol. The van der Waals surface area contributed by atoms with E-state index in [-0.39, 0.29) is 11.9 Å². The van der Waals surface area contributed by atoms with E-state index in [4.69, 9.17) is 19.2 Å². The number of alkyl halides is 1. The van der Waals surface area contributed by atoms with Gasteiger partial charge >= 0.3 is 0 Å². The van der Waals surface area contributed by atoms with Gasteiger partial charge in [-0.05, 0) is 44.0 Å². The zero-order chi connectivity index (χ0) is 23.7. The quantitative estimate of drug-likeness (QED) is 0.448. The van der Waals surface area contributed by atoms with Gasteiger partial charge < -0.3 is 24.4 Å². The standard InChI is InChI=1S/C23H27FN3O4PS/c1-12-5-6-15(31-22(24)32)10-17(12)25-21(28)19-18(30-4)8-7-16-20(19)33-23(26-16)27-13(2)9-14(27)11-29-3/h5-8,10,13-14,22H,9,11,32H2,1-4H3,(H,25,28). The van der Waals surface area contributed by atoms with E-state index >= 15 is 0 Å². The van der Waals surface area contributed by atoms with Crippen molar-refractivity contribution in [1.82, 2.24) is 4.98 Å². The fourth-order valence-electron chi connectivity index (χ4n) is 4.11. The average Bonchev–Trinajstić information content (AvgIpc) is 3.17. The first-order valence-corrected chi connectivity index (χ1v) is 12.0. The molecule has 4 rings (SSSR count). The number of carbonyl (C=O) groups excluding carboxylic acids is 1. The van der Waals surface area contributed by atoms with Crippen molar-refractivity contribution in [2.24, 2.45) is 0 Å². The maximum absolute atomic E-state index is 13.4. The monoisotopic (exact) mass is 491 g/mol. The fraction of sp³-hybridized carbons (Fsp3) is 0.391. The zero-order valence-electron chi connectivity index (χ0n) is 18.9. The van der Waals surface area contributed by atoms with Crippen molar-refractivity contribution in [3.8, 4) is 11.5 Å². The Kier molecular flexibility index (Phi) is 7.02. The second-order valence-electron chi connectivity index (χ2n) is 7.99. The number of ether oxygens (including phenoxy) is 3. The van der Waals surface area contributed by atoms with E-state index in [0.29, 0.717) is 35.4 Å². The minimum Gasteiger partial charge on any atom is -0.496 e. The number of halogens is 1. The molecule has 0 spiro atoms. The molecule has 0 aliphatic carbocycles. The molecule has 0 saturated carbocycles. The van der Waals surface area contributed by atoms with Gasteiger partial charge in [-0.1, -0.05) is 26.6 Å². The Bertz CT molecular complexity index is 1170. The van der Waals surface area contributed by atoms with Gasteiger partial charge in [-0.2, -0.15) is 4.39 Å². The van der Waals surface area contributed by atoms with Crippen molar-refractivity contribution in [2.75, 3.05) is 31.0 Å². The Morgan fingerprint density at radius 3 is 2.82 bits per heavy atom. The lowest BCUT2D eigenvalue weighted by molar-refractivity contribution is 0.102. The van der Waals surface area contributed by atoms with Gasteiger partial charge in [-0.15, -0.1) is 0 Å². The highest BCUT2D eigenvalue weighted by Crippen LogP contribution is 2.41. The summed E-state index contributed by atoms with van der Waals surface area (Å²) in [5.74, 6) is 0.444. The van der Waals surface area contributed by atoms with Crippen molar-refractivity contribution in [3.05, 3.63) is 41.5 Å². The maximum atomic E-state index is 13.4. The summed E-state index contributed by atoms with van der Waals surface area (Å²) in [4.78, 5) is 20.5. The number of carbonyl (C=O) groups is 1. The molecule has 1 saturated heterocycles. The number of thiazole rings is 1. The van der Waals surface area contributed by atoms with Crippen molar-refractivity contribution in [3.63, 3.8) is 0 Å². The van der Waals surface area contributed by atoms with Gasteiger partial charge in [0.05, 0.1) is 30.0 Å². The molecule has 33 heavy (non-hydrogen) atoms. The molecular formula is C23H27FN3O4PS. The summed E-state index contributed by atoms with van der Waals surface area (Å²) in [6.07, 6.45) is -0.500. The second-order valence-corrected chi connectivity index (χ2v) is 9.49. The van der Waals surface area contributed by atoms with Gasteiger partial charge in [0.25, 0.3) is 5.91 Å². The number of hydrogen-bond acceptors (Lipinski definition) is 7. The largest absolute Gasteiger partial charge is 0.496 e. The molecule has 1 aromatic heterocycles. The summed E-state index contributed by atoms with van der Waals surface area (Å²) in [5.41, 5.74) is 2.50. The van der Waals surface area contributed by atoms with Gasteiger partial charge in [-0.25, -0.2) is 4.98 Å². The molecule has 7 nitrogen and oxygen atoms in total. The lowest BCUT2D eigenvalue weighted by Crippen LogP contribution is -2.56. The van der Waals surface area contributed by atoms with E-state index in [0.717, 1.165) is 27.3 Å². The minimum absolute atomic E-state index is 0.270. The maximum Gasteiger partial charge on any atom is 0.260 e. The van der Waals surface area contributed by atoms with Crippen LogP contribution in [0.5, 0.6) is 11.5 Å². The highest BCUT2D eigenvalue weighted by molar-refractivity contribution is 7.22. The highest BCUT2D eigenvalue weighted by Gasteiger charge is 2.37. The van der Waals surface area contributed by atoms with E-state index in [1.807, 2.05) is 22.2 Å². The minimum atomic E-state index is -1.54. The van der Waals surface area contributed by atoms with Gasteiger partial charge in [-0.3, -0.25) is 4.79 Å². The zero-order valence-corrected chi connectivity index (χ0v) is 20.9. The summed E-state index contributed by atoms with van der Waals surface area (Å²) in [7, 11) is 5.17. The number of amides is 1. The third-order valence-electron chi connectivity index (χ3n) is 5.72. The number of nitrogens with one attached hydrogen (secondary N) is 1. The van der Waals surface area contributed by atoms with Crippen LogP contribution in [0.25, 0.3) is 10.2 Å². The van der Waals surface area contributed by atoms with Crippen LogP contribution >= 0.6 is 20.6 Å². The normalized spacial score (nSPS) is 18.7. The SMILES string of the molecule is COCC1CC(C)N1c1nc2ccc(OC)c(C(=O)Nc3cc(OC(F)P)ccc3C)c2s1. The lowest BCUT2D eigenvalue weighted by atomic mass is 9.96.